The Morgan fingerprint density at radius 1 is 1.25 bits per heavy atom. The molecule has 1 aliphatic rings. The van der Waals surface area contributed by atoms with Gasteiger partial charge in [-0.2, -0.15) is 0 Å². The van der Waals surface area contributed by atoms with Gasteiger partial charge in [0.05, 0.1) is 6.61 Å². The van der Waals surface area contributed by atoms with Crippen LogP contribution in [0, 0.1) is 5.82 Å². The van der Waals surface area contributed by atoms with Gasteiger partial charge in [-0.25, -0.2) is 4.39 Å². The van der Waals surface area contributed by atoms with Crippen molar-refractivity contribution < 1.29 is 13.9 Å². The first-order valence-electron chi connectivity index (χ1n) is 9.88. The van der Waals surface area contributed by atoms with Crippen LogP contribution >= 0.6 is 0 Å². The predicted octanol–water partition coefficient (Wildman–Crippen LogP) is 3.99. The number of hydrogen-bond acceptors (Lipinski definition) is 3. The quantitative estimate of drug-likeness (QED) is 0.658. The van der Waals surface area contributed by atoms with Gasteiger partial charge in [-0.3, -0.25) is 4.79 Å². The molecule has 28 heavy (non-hydrogen) atoms. The van der Waals surface area contributed by atoms with E-state index in [0.29, 0.717) is 12.6 Å². The number of ether oxygens (including phenoxy) is 1. The summed E-state index contributed by atoms with van der Waals surface area (Å²) in [5.41, 5.74) is 4.44. The number of carbonyl (C=O) groups is 1. The van der Waals surface area contributed by atoms with Crippen molar-refractivity contribution in [2.75, 3.05) is 6.61 Å². The van der Waals surface area contributed by atoms with Gasteiger partial charge >= 0.3 is 5.97 Å². The minimum absolute atomic E-state index is 0.174. The van der Waals surface area contributed by atoms with E-state index in [4.69, 9.17) is 4.74 Å². The van der Waals surface area contributed by atoms with Crippen molar-refractivity contribution in [3.05, 3.63) is 71.2 Å². The van der Waals surface area contributed by atoms with Crippen molar-refractivity contribution in [1.82, 2.24) is 9.88 Å². The summed E-state index contributed by atoms with van der Waals surface area (Å²) in [5, 5.41) is 4.54. The number of aromatic nitrogens is 1. The lowest BCUT2D eigenvalue weighted by molar-refractivity contribution is -0.143. The molecule has 0 saturated carbocycles. The number of hydrogen-bond donors (Lipinski definition) is 1. The monoisotopic (exact) mass is 380 g/mol. The first-order chi connectivity index (χ1) is 13.7. The molecule has 4 nitrogen and oxygen atoms in total. The molecule has 3 aromatic rings. The average Bonchev–Trinajstić information content (AvgIpc) is 3.00. The van der Waals surface area contributed by atoms with Crippen LogP contribution in [0.15, 0.2) is 48.5 Å². The number of carbonyl (C=O) groups excluding carboxylic acids is 1. The van der Waals surface area contributed by atoms with Crippen molar-refractivity contribution in [2.45, 2.75) is 45.3 Å². The van der Waals surface area contributed by atoms with Crippen LogP contribution in [0.4, 0.5) is 4.39 Å². The Bertz CT molecular complexity index is 981. The predicted molar refractivity (Wildman–Crippen MR) is 108 cm³/mol. The number of benzene rings is 2. The lowest BCUT2D eigenvalue weighted by Crippen LogP contribution is -2.34. The van der Waals surface area contributed by atoms with Crippen molar-refractivity contribution in [1.29, 1.82) is 0 Å². The van der Waals surface area contributed by atoms with Gasteiger partial charge in [0.25, 0.3) is 0 Å². The third-order valence-corrected chi connectivity index (χ3v) is 5.46. The van der Waals surface area contributed by atoms with Crippen LogP contribution in [0.5, 0.6) is 0 Å². The van der Waals surface area contributed by atoms with E-state index in [1.165, 1.54) is 11.6 Å². The second kappa shape index (κ2) is 8.15. The Morgan fingerprint density at radius 3 is 2.86 bits per heavy atom. The van der Waals surface area contributed by atoms with Crippen molar-refractivity contribution in [3.8, 4) is 0 Å². The summed E-state index contributed by atoms with van der Waals surface area (Å²) in [5.74, 6) is -0.501. The Labute approximate surface area is 164 Å². The van der Waals surface area contributed by atoms with Gasteiger partial charge in [0.15, 0.2) is 0 Å². The van der Waals surface area contributed by atoms with E-state index in [9.17, 15) is 9.18 Å². The maximum atomic E-state index is 13.9. The van der Waals surface area contributed by atoms with Crippen LogP contribution in [0.2, 0.25) is 0 Å². The molecule has 1 N–H and O–H groups in total. The molecule has 1 aromatic heterocycles. The highest BCUT2D eigenvalue weighted by Gasteiger charge is 2.26. The lowest BCUT2D eigenvalue weighted by atomic mass is 9.91. The molecule has 0 fully saturated rings. The molecule has 146 valence electrons. The molecule has 1 heterocycles. The van der Waals surface area contributed by atoms with E-state index in [2.05, 4.69) is 17.4 Å². The molecule has 0 radical (unpaired) electrons. The molecule has 5 heteroatoms. The minimum atomic E-state index is -0.254. The maximum absolute atomic E-state index is 13.9. The summed E-state index contributed by atoms with van der Waals surface area (Å²) >= 11 is 0. The molecule has 0 amide bonds. The smallest absolute Gasteiger partial charge is 0.325 e. The fourth-order valence-electron chi connectivity index (χ4n) is 4.17. The lowest BCUT2D eigenvalue weighted by Gasteiger charge is -2.25. The van der Waals surface area contributed by atoms with Crippen LogP contribution in [0.25, 0.3) is 10.9 Å². The van der Waals surface area contributed by atoms with Gasteiger partial charge in [0.2, 0.25) is 0 Å². The first kappa shape index (κ1) is 18.7. The second-order valence-electron chi connectivity index (χ2n) is 7.28. The highest BCUT2D eigenvalue weighted by atomic mass is 19.1. The Kier molecular flexibility index (Phi) is 5.44. The summed E-state index contributed by atoms with van der Waals surface area (Å²) in [6, 6.07) is 15.5. The molecule has 0 aliphatic heterocycles. The number of nitrogens with zero attached hydrogens (tertiary/aromatic N) is 1. The molecule has 1 atom stereocenters. The van der Waals surface area contributed by atoms with Gasteiger partial charge in [-0.05, 0) is 55.5 Å². The molecule has 4 rings (SSSR count). The molecular formula is C23H25FN2O2. The molecule has 0 saturated heterocycles. The number of esters is 1. The van der Waals surface area contributed by atoms with Crippen LogP contribution in [-0.2, 0) is 35.5 Å². The van der Waals surface area contributed by atoms with Crippen LogP contribution < -0.4 is 5.32 Å². The number of halogens is 1. The summed E-state index contributed by atoms with van der Waals surface area (Å²) < 4.78 is 21.1. The molecule has 2 aromatic carbocycles. The van der Waals surface area contributed by atoms with E-state index in [1.54, 1.807) is 19.1 Å². The van der Waals surface area contributed by atoms with Crippen molar-refractivity contribution in [2.24, 2.45) is 0 Å². The van der Waals surface area contributed by atoms with Crippen molar-refractivity contribution in [3.63, 3.8) is 0 Å². The van der Waals surface area contributed by atoms with E-state index >= 15 is 0 Å². The summed E-state index contributed by atoms with van der Waals surface area (Å²) in [4.78, 5) is 12.1. The van der Waals surface area contributed by atoms with Gasteiger partial charge in [-0.15, -0.1) is 0 Å². The molecule has 0 unspecified atom stereocenters. The van der Waals surface area contributed by atoms with Crippen LogP contribution in [-0.4, -0.2) is 23.2 Å². The maximum Gasteiger partial charge on any atom is 0.325 e. The van der Waals surface area contributed by atoms with Gasteiger partial charge in [-0.1, -0.05) is 30.3 Å². The summed E-state index contributed by atoms with van der Waals surface area (Å²) in [7, 11) is 0. The Morgan fingerprint density at radius 2 is 2.07 bits per heavy atom. The standard InChI is InChI=1S/C23H25FN2O2/c1-2-28-23(27)15-26-21-10-8-17(24)12-19(21)20-13-18(9-11-22(20)26)25-14-16-6-4-3-5-7-16/h3-8,10,12,18,25H,2,9,11,13-15H2,1H3/t18-/m0/s1. The van der Waals surface area contributed by atoms with Gasteiger partial charge < -0.3 is 14.6 Å². The molecule has 0 bridgehead atoms. The minimum Gasteiger partial charge on any atom is -0.465 e. The third kappa shape index (κ3) is 3.80. The number of fused-ring (bicyclic) bond motifs is 3. The SMILES string of the molecule is CCOC(=O)Cn1c2c(c3cc(F)ccc31)C[C@@H](NCc1ccccc1)CC2. The van der Waals surface area contributed by atoms with E-state index in [0.717, 1.165) is 48.0 Å². The zero-order valence-corrected chi connectivity index (χ0v) is 16.1. The number of rotatable bonds is 6. The second-order valence-corrected chi connectivity index (χ2v) is 7.28. The largest absolute Gasteiger partial charge is 0.465 e. The van der Waals surface area contributed by atoms with E-state index in [1.807, 2.05) is 22.8 Å². The highest BCUT2D eigenvalue weighted by molar-refractivity contribution is 5.87. The molecular weight excluding hydrogens is 355 g/mol. The molecule has 1 aliphatic carbocycles. The Balaban J connectivity index is 1.60. The zero-order valence-electron chi connectivity index (χ0n) is 16.1. The molecule has 0 spiro atoms. The van der Waals surface area contributed by atoms with E-state index in [-0.39, 0.29) is 18.3 Å². The highest BCUT2D eigenvalue weighted by Crippen LogP contribution is 2.33. The normalized spacial score (nSPS) is 16.1. The van der Waals surface area contributed by atoms with Gasteiger partial charge in [0, 0.05) is 29.2 Å². The fraction of sp³-hybridized carbons (Fsp3) is 0.348. The third-order valence-electron chi connectivity index (χ3n) is 5.46. The van der Waals surface area contributed by atoms with Gasteiger partial charge in [0.1, 0.15) is 12.4 Å². The summed E-state index contributed by atoms with van der Waals surface area (Å²) in [6.45, 7) is 3.16. The first-order valence-corrected chi connectivity index (χ1v) is 9.88. The van der Waals surface area contributed by atoms with Crippen LogP contribution in [0.3, 0.4) is 0 Å². The Hall–Kier alpha value is -2.66. The zero-order chi connectivity index (χ0) is 19.5. The summed E-state index contributed by atoms with van der Waals surface area (Å²) in [6.07, 6.45) is 2.68. The van der Waals surface area contributed by atoms with Crippen LogP contribution in [0.1, 0.15) is 30.2 Å². The fourth-order valence-corrected chi connectivity index (χ4v) is 4.17. The topological polar surface area (TPSA) is 43.3 Å². The van der Waals surface area contributed by atoms with Crippen molar-refractivity contribution >= 4 is 16.9 Å². The number of nitrogens with one attached hydrogen (secondary N) is 1. The van der Waals surface area contributed by atoms with E-state index < -0.39 is 0 Å². The average molecular weight is 380 g/mol.